The predicted octanol–water partition coefficient (Wildman–Crippen LogP) is 6.02. The molecule has 0 aliphatic heterocycles. The van der Waals surface area contributed by atoms with Gasteiger partial charge in [-0.15, -0.1) is 0 Å². The van der Waals surface area contributed by atoms with Crippen LogP contribution in [0.3, 0.4) is 0 Å². The van der Waals surface area contributed by atoms with Crippen molar-refractivity contribution in [2.75, 3.05) is 38.8 Å². The highest BCUT2D eigenvalue weighted by Gasteiger charge is 2.29. The molecular formula is C39H54N4O6S. The Morgan fingerprint density at radius 2 is 1.52 bits per heavy atom. The lowest BCUT2D eigenvalue weighted by molar-refractivity contribution is -0.145. The maximum absolute atomic E-state index is 13.7. The second kappa shape index (κ2) is 19.9. The number of hydrogen-bond acceptors (Lipinski definition) is 8. The Kier molecular flexibility index (Phi) is 16.1. The van der Waals surface area contributed by atoms with Gasteiger partial charge in [0.1, 0.15) is 18.2 Å². The number of fused-ring (bicyclic) bond motifs is 1. The van der Waals surface area contributed by atoms with Gasteiger partial charge in [-0.25, -0.2) is 9.59 Å². The summed E-state index contributed by atoms with van der Waals surface area (Å²) in [6, 6.07) is 22.6. The van der Waals surface area contributed by atoms with Gasteiger partial charge in [-0.3, -0.25) is 19.4 Å². The number of ether oxygens (including phenoxy) is 2. The highest BCUT2D eigenvalue weighted by Crippen LogP contribution is 2.21. The van der Waals surface area contributed by atoms with E-state index in [1.54, 1.807) is 32.5 Å². The van der Waals surface area contributed by atoms with Crippen LogP contribution in [0.1, 0.15) is 58.6 Å². The van der Waals surface area contributed by atoms with Gasteiger partial charge < -0.3 is 20.1 Å². The van der Waals surface area contributed by atoms with Gasteiger partial charge in [-0.1, -0.05) is 93.1 Å². The number of benzene rings is 3. The van der Waals surface area contributed by atoms with Gasteiger partial charge in [-0.05, 0) is 67.0 Å². The summed E-state index contributed by atoms with van der Waals surface area (Å²) in [6.45, 7) is 10.3. The molecule has 0 fully saturated rings. The van der Waals surface area contributed by atoms with Crippen LogP contribution in [0.5, 0.6) is 0 Å². The predicted molar refractivity (Wildman–Crippen MR) is 201 cm³/mol. The Morgan fingerprint density at radius 3 is 2.18 bits per heavy atom. The maximum atomic E-state index is 13.7. The number of esters is 1. The average molecular weight is 707 g/mol. The van der Waals surface area contributed by atoms with Gasteiger partial charge in [0.05, 0.1) is 13.7 Å². The summed E-state index contributed by atoms with van der Waals surface area (Å²) in [5.74, 6) is -0.385. The maximum Gasteiger partial charge on any atom is 0.411 e. The summed E-state index contributed by atoms with van der Waals surface area (Å²) >= 11 is 1.59. The summed E-state index contributed by atoms with van der Waals surface area (Å²) in [4.78, 5) is 56.4. The first-order chi connectivity index (χ1) is 23.8. The van der Waals surface area contributed by atoms with E-state index in [0.717, 1.165) is 28.3 Å². The zero-order valence-corrected chi connectivity index (χ0v) is 31.4. The van der Waals surface area contributed by atoms with E-state index in [-0.39, 0.29) is 43.4 Å². The van der Waals surface area contributed by atoms with Crippen LogP contribution in [-0.4, -0.2) is 90.1 Å². The van der Waals surface area contributed by atoms with Gasteiger partial charge in [0.2, 0.25) is 11.8 Å². The van der Waals surface area contributed by atoms with Crippen molar-refractivity contribution in [2.24, 2.45) is 5.92 Å². The van der Waals surface area contributed by atoms with Gasteiger partial charge in [0.25, 0.3) is 0 Å². The van der Waals surface area contributed by atoms with E-state index < -0.39 is 23.7 Å². The number of methoxy groups -OCH3 is 1. The molecule has 11 heteroatoms. The summed E-state index contributed by atoms with van der Waals surface area (Å²) in [5.41, 5.74) is 1.18. The second-order valence-corrected chi connectivity index (χ2v) is 14.6. The van der Waals surface area contributed by atoms with Crippen LogP contribution >= 0.6 is 11.8 Å². The molecule has 272 valence electrons. The number of carbonyl (C=O) groups is 4. The lowest BCUT2D eigenvalue weighted by atomic mass is 9.97. The molecule has 0 heterocycles. The van der Waals surface area contributed by atoms with Crippen molar-refractivity contribution in [3.05, 3.63) is 83.9 Å². The van der Waals surface area contributed by atoms with Crippen molar-refractivity contribution in [3.8, 4) is 0 Å². The molecule has 3 aromatic rings. The van der Waals surface area contributed by atoms with E-state index in [1.165, 1.54) is 12.0 Å². The Hall–Kier alpha value is -4.09. The van der Waals surface area contributed by atoms with Crippen molar-refractivity contribution in [1.82, 2.24) is 20.4 Å². The third kappa shape index (κ3) is 13.3. The molecule has 0 aromatic heterocycles. The summed E-state index contributed by atoms with van der Waals surface area (Å²) < 4.78 is 10.6. The fourth-order valence-corrected chi connectivity index (χ4v) is 6.07. The molecule has 0 radical (unpaired) electrons. The second-order valence-electron chi connectivity index (χ2n) is 13.6. The van der Waals surface area contributed by atoms with Crippen LogP contribution < -0.4 is 10.6 Å². The van der Waals surface area contributed by atoms with Crippen molar-refractivity contribution >= 4 is 46.4 Å². The molecule has 0 spiro atoms. The first-order valence-corrected chi connectivity index (χ1v) is 18.6. The van der Waals surface area contributed by atoms with E-state index in [1.807, 2.05) is 65.8 Å². The molecule has 10 nitrogen and oxygen atoms in total. The Morgan fingerprint density at radius 1 is 0.860 bits per heavy atom. The van der Waals surface area contributed by atoms with Crippen molar-refractivity contribution < 1.29 is 28.7 Å². The van der Waals surface area contributed by atoms with Crippen LogP contribution in [-0.2, 0) is 36.9 Å². The molecule has 0 bridgehead atoms. The molecular weight excluding hydrogens is 653 g/mol. The third-order valence-electron chi connectivity index (χ3n) is 8.41. The highest BCUT2D eigenvalue weighted by molar-refractivity contribution is 7.98. The lowest BCUT2D eigenvalue weighted by Crippen LogP contribution is -2.52. The molecule has 3 aromatic carbocycles. The highest BCUT2D eigenvalue weighted by atomic mass is 32.2. The molecule has 0 saturated carbocycles. The number of thioether (sulfide) groups is 1. The van der Waals surface area contributed by atoms with Crippen molar-refractivity contribution in [3.63, 3.8) is 0 Å². The number of carbonyl (C=O) groups excluding carboxylic acids is 4. The largest absolute Gasteiger partial charge is 0.467 e. The number of rotatable bonds is 18. The molecule has 2 N–H and O–H groups in total. The average Bonchev–Trinajstić information content (AvgIpc) is 3.08. The minimum absolute atomic E-state index is 0.00315. The van der Waals surface area contributed by atoms with E-state index in [2.05, 4.69) is 42.7 Å². The van der Waals surface area contributed by atoms with E-state index in [0.29, 0.717) is 25.3 Å². The fourth-order valence-electron chi connectivity index (χ4n) is 5.60. The lowest BCUT2D eigenvalue weighted by Gasteiger charge is -2.33. The minimum atomic E-state index is -0.757. The van der Waals surface area contributed by atoms with Crippen LogP contribution in [0, 0.1) is 5.92 Å². The Labute approximate surface area is 301 Å². The third-order valence-corrected chi connectivity index (χ3v) is 9.05. The van der Waals surface area contributed by atoms with E-state index in [9.17, 15) is 19.2 Å². The number of nitrogens with one attached hydrogen (secondary N) is 2. The van der Waals surface area contributed by atoms with Gasteiger partial charge in [-0.2, -0.15) is 11.8 Å². The molecule has 0 aliphatic carbocycles. The first kappa shape index (κ1) is 40.3. The van der Waals surface area contributed by atoms with Crippen LogP contribution in [0.15, 0.2) is 72.8 Å². The number of amides is 3. The van der Waals surface area contributed by atoms with E-state index >= 15 is 0 Å². The molecule has 0 saturated heterocycles. The quantitative estimate of drug-likeness (QED) is 0.154. The Bertz CT molecular complexity index is 1540. The molecule has 3 rings (SSSR count). The number of hydrogen-bond donors (Lipinski definition) is 2. The van der Waals surface area contributed by atoms with Gasteiger partial charge in [0.15, 0.2) is 0 Å². The minimum Gasteiger partial charge on any atom is -0.467 e. The van der Waals surface area contributed by atoms with Crippen LogP contribution in [0.2, 0.25) is 0 Å². The van der Waals surface area contributed by atoms with E-state index in [4.69, 9.17) is 9.47 Å². The van der Waals surface area contributed by atoms with Crippen molar-refractivity contribution in [1.29, 1.82) is 0 Å². The normalized spacial score (nSPS) is 13.3. The zero-order chi connectivity index (χ0) is 36.7. The molecule has 50 heavy (non-hydrogen) atoms. The summed E-state index contributed by atoms with van der Waals surface area (Å²) in [5, 5.41) is 8.23. The molecule has 3 amide bonds. The fraction of sp³-hybridized carbons (Fsp3) is 0.487. The van der Waals surface area contributed by atoms with Gasteiger partial charge >= 0.3 is 12.1 Å². The standard InChI is InChI=1S/C39H54N4O6S/c1-8-28(2)34(41-36(45)27-43(38(47)49-39(3,4)5)23-29-15-10-9-11-16-29)25-42(24-31-19-14-18-30-17-12-13-20-32(30)31)26-35(44)40-33(21-22-50-7)37(46)48-6/h9-20,28,33-34H,8,21-27H2,1-7H3,(H,40,44)(H,41,45)/t28-,33-,34+/m0/s1. The van der Waals surface area contributed by atoms with Crippen molar-refractivity contribution in [2.45, 2.75) is 78.2 Å². The molecule has 0 aliphatic rings. The summed E-state index contributed by atoms with van der Waals surface area (Å²) in [6.07, 6.45) is 2.59. The molecule has 3 atom stereocenters. The van der Waals surface area contributed by atoms with Crippen LogP contribution in [0.25, 0.3) is 10.8 Å². The molecule has 0 unspecified atom stereocenters. The van der Waals surface area contributed by atoms with Crippen LogP contribution in [0.4, 0.5) is 4.79 Å². The summed E-state index contributed by atoms with van der Waals surface area (Å²) in [7, 11) is 1.32. The SMILES string of the molecule is CC[C@H](C)[C@@H](CN(CC(=O)N[C@@H](CCSC)C(=O)OC)Cc1cccc2ccccc12)NC(=O)CN(Cc1ccccc1)C(=O)OC(C)(C)C. The topological polar surface area (TPSA) is 117 Å². The smallest absolute Gasteiger partial charge is 0.411 e. The zero-order valence-electron chi connectivity index (χ0n) is 30.6. The van der Waals surface area contributed by atoms with Gasteiger partial charge in [0, 0.05) is 25.7 Å². The Balaban J connectivity index is 1.87. The first-order valence-electron chi connectivity index (χ1n) is 17.2. The monoisotopic (exact) mass is 706 g/mol. The number of nitrogens with zero attached hydrogens (tertiary/aromatic N) is 2.